The molecule has 2 aromatic rings. The Bertz CT molecular complexity index is 776. The normalized spacial score (nSPS) is 12.6. The van der Waals surface area contributed by atoms with Gasteiger partial charge in [0.2, 0.25) is 6.79 Å². The highest BCUT2D eigenvalue weighted by Gasteiger charge is 2.14. The van der Waals surface area contributed by atoms with E-state index in [1.54, 1.807) is 30.3 Å². The van der Waals surface area contributed by atoms with E-state index in [9.17, 15) is 10.1 Å². The van der Waals surface area contributed by atoms with Gasteiger partial charge >= 0.3 is 0 Å². The maximum absolute atomic E-state index is 12.1. The van der Waals surface area contributed by atoms with Crippen molar-refractivity contribution in [3.8, 4) is 17.6 Å². The molecular formula is C17H12N2O3. The van der Waals surface area contributed by atoms with Crippen molar-refractivity contribution in [2.75, 3.05) is 12.1 Å². The number of amides is 1. The molecule has 5 heteroatoms. The second-order valence-electron chi connectivity index (χ2n) is 4.60. The van der Waals surface area contributed by atoms with Crippen LogP contribution in [0.3, 0.4) is 0 Å². The number of benzene rings is 2. The zero-order valence-corrected chi connectivity index (χ0v) is 11.6. The topological polar surface area (TPSA) is 71.3 Å². The van der Waals surface area contributed by atoms with Gasteiger partial charge in [-0.05, 0) is 35.9 Å². The number of ether oxygens (including phenoxy) is 2. The molecule has 5 nitrogen and oxygen atoms in total. The number of nitrogens with zero attached hydrogens (tertiary/aromatic N) is 1. The first-order valence-corrected chi connectivity index (χ1v) is 6.64. The standard InChI is InChI=1S/C17H12N2O3/c18-10-13(17(20)19-14-4-2-1-3-5-14)8-12-6-7-15-16(9-12)22-11-21-15/h1-9H,11H2,(H,19,20)/b13-8+. The van der Waals surface area contributed by atoms with Gasteiger partial charge in [-0.1, -0.05) is 24.3 Å². The summed E-state index contributed by atoms with van der Waals surface area (Å²) in [5, 5.41) is 11.9. The first-order chi connectivity index (χ1) is 10.8. The third-order valence-electron chi connectivity index (χ3n) is 3.10. The number of anilines is 1. The summed E-state index contributed by atoms with van der Waals surface area (Å²) in [7, 11) is 0. The minimum absolute atomic E-state index is 0.0164. The average molecular weight is 292 g/mol. The quantitative estimate of drug-likeness (QED) is 0.697. The number of fused-ring (bicyclic) bond motifs is 1. The number of carbonyl (C=O) groups is 1. The second kappa shape index (κ2) is 6.02. The van der Waals surface area contributed by atoms with Crippen molar-refractivity contribution in [1.29, 1.82) is 5.26 Å². The molecule has 0 spiro atoms. The lowest BCUT2D eigenvalue weighted by Crippen LogP contribution is -2.13. The molecule has 0 saturated carbocycles. The van der Waals surface area contributed by atoms with Crippen LogP contribution in [0.1, 0.15) is 5.56 Å². The molecule has 1 heterocycles. The predicted octanol–water partition coefficient (Wildman–Crippen LogP) is 2.96. The molecule has 0 radical (unpaired) electrons. The van der Waals surface area contributed by atoms with Crippen LogP contribution in [0.5, 0.6) is 11.5 Å². The maximum atomic E-state index is 12.1. The Balaban J connectivity index is 1.81. The molecule has 1 aliphatic rings. The summed E-state index contributed by atoms with van der Waals surface area (Å²) in [4.78, 5) is 12.1. The Hall–Kier alpha value is -3.26. The van der Waals surface area contributed by atoms with Crippen LogP contribution < -0.4 is 14.8 Å². The number of carbonyl (C=O) groups excluding carboxylic acids is 1. The van der Waals surface area contributed by atoms with E-state index >= 15 is 0 Å². The Kier molecular flexibility index (Phi) is 3.75. The number of nitriles is 1. The highest BCUT2D eigenvalue weighted by molar-refractivity contribution is 6.09. The largest absolute Gasteiger partial charge is 0.454 e. The third kappa shape index (κ3) is 2.91. The summed E-state index contributed by atoms with van der Waals surface area (Å²) >= 11 is 0. The van der Waals surface area contributed by atoms with E-state index in [0.29, 0.717) is 22.7 Å². The van der Waals surface area contributed by atoms with Gasteiger partial charge in [-0.25, -0.2) is 0 Å². The van der Waals surface area contributed by atoms with E-state index in [1.165, 1.54) is 6.08 Å². The lowest BCUT2D eigenvalue weighted by molar-refractivity contribution is -0.112. The molecule has 3 rings (SSSR count). The summed E-state index contributed by atoms with van der Waals surface area (Å²) in [5.41, 5.74) is 1.35. The SMILES string of the molecule is N#C/C(=C\c1ccc2c(c1)OCO2)C(=O)Nc1ccccc1. The van der Waals surface area contributed by atoms with E-state index in [1.807, 2.05) is 24.3 Å². The fourth-order valence-electron chi connectivity index (χ4n) is 2.04. The predicted molar refractivity (Wildman–Crippen MR) is 81.2 cm³/mol. The number of rotatable bonds is 3. The minimum atomic E-state index is -0.452. The van der Waals surface area contributed by atoms with Gasteiger partial charge in [-0.3, -0.25) is 4.79 Å². The van der Waals surface area contributed by atoms with Gasteiger partial charge < -0.3 is 14.8 Å². The smallest absolute Gasteiger partial charge is 0.266 e. The van der Waals surface area contributed by atoms with Crippen LogP contribution in [-0.4, -0.2) is 12.7 Å². The van der Waals surface area contributed by atoms with Crippen molar-refractivity contribution in [1.82, 2.24) is 0 Å². The Morgan fingerprint density at radius 2 is 1.91 bits per heavy atom. The van der Waals surface area contributed by atoms with Gasteiger partial charge in [0.25, 0.3) is 5.91 Å². The maximum Gasteiger partial charge on any atom is 0.266 e. The number of hydrogen-bond donors (Lipinski definition) is 1. The van der Waals surface area contributed by atoms with Gasteiger partial charge in [0.1, 0.15) is 11.6 Å². The molecule has 0 bridgehead atoms. The van der Waals surface area contributed by atoms with Crippen LogP contribution in [0.2, 0.25) is 0 Å². The third-order valence-corrected chi connectivity index (χ3v) is 3.10. The monoisotopic (exact) mass is 292 g/mol. The average Bonchev–Trinajstić information content (AvgIpc) is 3.01. The molecule has 108 valence electrons. The number of hydrogen-bond acceptors (Lipinski definition) is 4. The van der Waals surface area contributed by atoms with Crippen molar-refractivity contribution < 1.29 is 14.3 Å². The lowest BCUT2D eigenvalue weighted by atomic mass is 10.1. The Morgan fingerprint density at radius 1 is 1.14 bits per heavy atom. The summed E-state index contributed by atoms with van der Waals surface area (Å²) in [6.45, 7) is 0.183. The van der Waals surface area contributed by atoms with Gasteiger partial charge in [-0.2, -0.15) is 5.26 Å². The number of nitrogens with one attached hydrogen (secondary N) is 1. The molecule has 1 N–H and O–H groups in total. The van der Waals surface area contributed by atoms with Crippen molar-refractivity contribution in [3.05, 3.63) is 59.7 Å². The van der Waals surface area contributed by atoms with E-state index in [4.69, 9.17) is 9.47 Å². The fraction of sp³-hybridized carbons (Fsp3) is 0.0588. The first-order valence-electron chi connectivity index (χ1n) is 6.64. The van der Waals surface area contributed by atoms with Crippen molar-refractivity contribution in [2.24, 2.45) is 0 Å². The summed E-state index contributed by atoms with van der Waals surface area (Å²) in [5.74, 6) is 0.810. The van der Waals surface area contributed by atoms with E-state index in [0.717, 1.165) is 0 Å². The molecule has 0 aromatic heterocycles. The highest BCUT2D eigenvalue weighted by Crippen LogP contribution is 2.33. The minimum Gasteiger partial charge on any atom is -0.454 e. The molecule has 0 saturated heterocycles. The molecule has 22 heavy (non-hydrogen) atoms. The van der Waals surface area contributed by atoms with Crippen LogP contribution in [-0.2, 0) is 4.79 Å². The Labute approximate surface area is 127 Å². The highest BCUT2D eigenvalue weighted by atomic mass is 16.7. The van der Waals surface area contributed by atoms with Gasteiger partial charge in [0.15, 0.2) is 11.5 Å². The van der Waals surface area contributed by atoms with E-state index in [-0.39, 0.29) is 12.4 Å². The molecular weight excluding hydrogens is 280 g/mol. The lowest BCUT2D eigenvalue weighted by Gasteiger charge is -2.04. The number of para-hydroxylation sites is 1. The van der Waals surface area contributed by atoms with E-state index < -0.39 is 5.91 Å². The fourth-order valence-corrected chi connectivity index (χ4v) is 2.04. The van der Waals surface area contributed by atoms with Gasteiger partial charge in [0.05, 0.1) is 0 Å². The van der Waals surface area contributed by atoms with Crippen LogP contribution >= 0.6 is 0 Å². The van der Waals surface area contributed by atoms with Crippen LogP contribution in [0.25, 0.3) is 6.08 Å². The van der Waals surface area contributed by atoms with Crippen molar-refractivity contribution in [2.45, 2.75) is 0 Å². The first kappa shape index (κ1) is 13.7. The van der Waals surface area contributed by atoms with Crippen LogP contribution in [0, 0.1) is 11.3 Å². The molecule has 0 aliphatic carbocycles. The van der Waals surface area contributed by atoms with Gasteiger partial charge in [0, 0.05) is 5.69 Å². The van der Waals surface area contributed by atoms with Gasteiger partial charge in [-0.15, -0.1) is 0 Å². The summed E-state index contributed by atoms with van der Waals surface area (Å²) < 4.78 is 10.5. The van der Waals surface area contributed by atoms with Crippen molar-refractivity contribution >= 4 is 17.7 Å². The second-order valence-corrected chi connectivity index (χ2v) is 4.60. The van der Waals surface area contributed by atoms with Crippen LogP contribution in [0.15, 0.2) is 54.1 Å². The van der Waals surface area contributed by atoms with E-state index in [2.05, 4.69) is 5.32 Å². The zero-order valence-electron chi connectivity index (χ0n) is 11.6. The van der Waals surface area contributed by atoms with Crippen LogP contribution in [0.4, 0.5) is 5.69 Å². The zero-order chi connectivity index (χ0) is 15.4. The Morgan fingerprint density at radius 3 is 2.68 bits per heavy atom. The van der Waals surface area contributed by atoms with Crippen molar-refractivity contribution in [3.63, 3.8) is 0 Å². The molecule has 0 fully saturated rings. The summed E-state index contributed by atoms with van der Waals surface area (Å²) in [6, 6.07) is 16.1. The summed E-state index contributed by atoms with van der Waals surface area (Å²) in [6.07, 6.45) is 1.51. The molecule has 1 amide bonds. The molecule has 2 aromatic carbocycles. The molecule has 0 atom stereocenters. The molecule has 1 aliphatic heterocycles. The molecule has 0 unspecified atom stereocenters.